The molecule has 0 aliphatic carbocycles. The Morgan fingerprint density at radius 3 is 2.02 bits per heavy atom. The molecule has 13 nitrogen and oxygen atoms in total. The second kappa shape index (κ2) is 22.6. The van der Waals surface area contributed by atoms with E-state index in [1.807, 2.05) is 39.8 Å². The van der Waals surface area contributed by atoms with Crippen LogP contribution in [0.5, 0.6) is 0 Å². The zero-order chi connectivity index (χ0) is 34.5. The van der Waals surface area contributed by atoms with Crippen molar-refractivity contribution in [1.82, 2.24) is 31.9 Å². The molecule has 0 aliphatic heterocycles. The van der Waals surface area contributed by atoms with Crippen molar-refractivity contribution < 1.29 is 33.9 Å². The molecule has 0 radical (unpaired) electrons. The fourth-order valence-electron chi connectivity index (χ4n) is 4.35. The van der Waals surface area contributed by atoms with Gasteiger partial charge in [-0.1, -0.05) is 39.8 Å². The van der Waals surface area contributed by atoms with Gasteiger partial charge in [0.15, 0.2) is 0 Å². The zero-order valence-corrected chi connectivity index (χ0v) is 28.0. The van der Waals surface area contributed by atoms with Crippen molar-refractivity contribution in [2.45, 2.75) is 104 Å². The van der Waals surface area contributed by atoms with Crippen molar-refractivity contribution in [2.75, 3.05) is 26.7 Å². The van der Waals surface area contributed by atoms with E-state index in [-0.39, 0.29) is 30.4 Å². The Hall–Kier alpha value is -3.84. The summed E-state index contributed by atoms with van der Waals surface area (Å²) in [5, 5.41) is 26.2. The molecule has 4 amide bonds. The Kier molecular flexibility index (Phi) is 19.8. The fraction of sp³-hybridized carbons (Fsp3) is 0.636. The van der Waals surface area contributed by atoms with E-state index in [9.17, 15) is 33.9 Å². The molecular formula is C33H54N6O7. The Morgan fingerprint density at radius 2 is 1.41 bits per heavy atom. The van der Waals surface area contributed by atoms with Crippen LogP contribution in [0.1, 0.15) is 95.0 Å². The Morgan fingerprint density at radius 1 is 0.739 bits per heavy atom. The minimum Gasteiger partial charge on any atom is -0.480 e. The molecule has 0 saturated heterocycles. The van der Waals surface area contributed by atoms with E-state index >= 15 is 0 Å². The third kappa shape index (κ3) is 17.6. The van der Waals surface area contributed by atoms with Crippen LogP contribution in [0.2, 0.25) is 0 Å². The van der Waals surface area contributed by atoms with Crippen LogP contribution in [0.15, 0.2) is 24.3 Å². The van der Waals surface area contributed by atoms with Crippen molar-refractivity contribution in [3.05, 3.63) is 35.4 Å². The molecule has 2 unspecified atom stereocenters. The summed E-state index contributed by atoms with van der Waals surface area (Å²) in [7, 11) is 1.72. The quantitative estimate of drug-likeness (QED) is 0.0818. The van der Waals surface area contributed by atoms with Gasteiger partial charge in [0.05, 0.1) is 6.54 Å². The molecular weight excluding hydrogens is 592 g/mol. The molecule has 0 bridgehead atoms. The molecule has 46 heavy (non-hydrogen) atoms. The molecule has 2 atom stereocenters. The lowest BCUT2D eigenvalue weighted by Crippen LogP contribution is -2.51. The largest absolute Gasteiger partial charge is 0.480 e. The lowest BCUT2D eigenvalue weighted by molar-refractivity contribution is -0.142. The topological polar surface area (TPSA) is 195 Å². The van der Waals surface area contributed by atoms with E-state index in [0.717, 1.165) is 5.56 Å². The van der Waals surface area contributed by atoms with E-state index in [1.165, 1.54) is 0 Å². The molecule has 1 rings (SSSR count). The van der Waals surface area contributed by atoms with Gasteiger partial charge in [0.2, 0.25) is 17.7 Å². The number of aliphatic carboxylic acids is 1. The molecule has 0 fully saturated rings. The number of amides is 4. The number of nitrogens with one attached hydrogen (secondary N) is 6. The lowest BCUT2D eigenvalue weighted by atomic mass is 10.0. The number of unbranched alkanes of at least 4 members (excludes halogenated alkanes) is 2. The molecule has 1 aromatic rings. The van der Waals surface area contributed by atoms with Crippen LogP contribution >= 0.6 is 0 Å². The first-order valence-electron chi connectivity index (χ1n) is 16.2. The van der Waals surface area contributed by atoms with Crippen LogP contribution in [0, 0.1) is 5.92 Å². The first-order valence-corrected chi connectivity index (χ1v) is 16.2. The number of rotatable bonds is 24. The number of carbonyl (C=O) groups excluding carboxylic acids is 5. The maximum Gasteiger partial charge on any atom is 0.326 e. The first-order chi connectivity index (χ1) is 21.8. The van der Waals surface area contributed by atoms with Crippen molar-refractivity contribution in [3.63, 3.8) is 0 Å². The molecule has 0 heterocycles. The van der Waals surface area contributed by atoms with Crippen molar-refractivity contribution in [1.29, 1.82) is 0 Å². The van der Waals surface area contributed by atoms with E-state index in [2.05, 4.69) is 31.9 Å². The predicted molar refractivity (Wildman–Crippen MR) is 176 cm³/mol. The summed E-state index contributed by atoms with van der Waals surface area (Å²) < 4.78 is 0. The molecule has 1 aromatic carbocycles. The van der Waals surface area contributed by atoms with Gasteiger partial charge in [0.25, 0.3) is 5.91 Å². The number of Topliss-reactive ketones (excluding diaryl/α,β-unsaturated/α-hetero) is 1. The van der Waals surface area contributed by atoms with Crippen LogP contribution in [0.3, 0.4) is 0 Å². The maximum absolute atomic E-state index is 12.9. The minimum atomic E-state index is -1.20. The van der Waals surface area contributed by atoms with E-state index < -0.39 is 42.3 Å². The van der Waals surface area contributed by atoms with Crippen LogP contribution in [-0.4, -0.2) is 85.3 Å². The van der Waals surface area contributed by atoms with E-state index in [0.29, 0.717) is 69.8 Å². The van der Waals surface area contributed by atoms with Crippen LogP contribution < -0.4 is 31.9 Å². The Labute approximate surface area is 272 Å². The average molecular weight is 647 g/mol. The molecule has 0 aromatic heterocycles. The monoisotopic (exact) mass is 646 g/mol. The second-order valence-corrected chi connectivity index (χ2v) is 12.0. The van der Waals surface area contributed by atoms with Crippen LogP contribution in [0.25, 0.3) is 0 Å². The van der Waals surface area contributed by atoms with E-state index in [4.69, 9.17) is 0 Å². The first kappa shape index (κ1) is 40.2. The van der Waals surface area contributed by atoms with Gasteiger partial charge in [0, 0.05) is 43.5 Å². The van der Waals surface area contributed by atoms with Crippen LogP contribution in [-0.2, 0) is 30.5 Å². The number of carbonyl (C=O) groups is 6. The standard InChI is InChI=1S/C33H54N6O7/c1-22(2)28(40)11-6-7-12-29(41)35-18-9-8-10-27(33(45)46)38-30(42)21-37-32(44)26(17-19-34-5)39-31(43)25-15-13-24(14-16-25)20-36-23(3)4/h13-16,22-23,26-27,34,36H,6-12,17-21H2,1-5H3,(H,35,41)(H,37,44)(H,38,42)(H,39,43)(H,45,46). The minimum absolute atomic E-state index is 0.000972. The lowest BCUT2D eigenvalue weighted by Gasteiger charge is -2.19. The van der Waals surface area contributed by atoms with Gasteiger partial charge < -0.3 is 37.0 Å². The number of carboxylic acids is 1. The third-order valence-electron chi connectivity index (χ3n) is 7.25. The number of ketones is 1. The van der Waals surface area contributed by atoms with Crippen LogP contribution in [0.4, 0.5) is 0 Å². The van der Waals surface area contributed by atoms with Gasteiger partial charge in [-0.15, -0.1) is 0 Å². The summed E-state index contributed by atoms with van der Waals surface area (Å²) >= 11 is 0. The molecule has 0 saturated carbocycles. The summed E-state index contributed by atoms with van der Waals surface area (Å²) in [5.74, 6) is -2.80. The number of hydrogen-bond donors (Lipinski definition) is 7. The summed E-state index contributed by atoms with van der Waals surface area (Å²) in [6.45, 7) is 8.82. The molecule has 0 spiro atoms. The van der Waals surface area contributed by atoms with Gasteiger partial charge >= 0.3 is 5.97 Å². The van der Waals surface area contributed by atoms with Gasteiger partial charge in [-0.05, 0) is 69.8 Å². The molecule has 0 aliphatic rings. The summed E-state index contributed by atoms with van der Waals surface area (Å²) in [6.07, 6.45) is 3.49. The van der Waals surface area contributed by atoms with Crippen molar-refractivity contribution in [3.8, 4) is 0 Å². The molecule has 13 heteroatoms. The van der Waals surface area contributed by atoms with Gasteiger partial charge in [0.1, 0.15) is 17.9 Å². The zero-order valence-electron chi connectivity index (χ0n) is 28.0. The number of carboxylic acid groups (broad SMARTS) is 1. The van der Waals surface area contributed by atoms with Gasteiger partial charge in [-0.2, -0.15) is 0 Å². The summed E-state index contributed by atoms with van der Waals surface area (Å²) in [6, 6.07) is 5.32. The summed E-state index contributed by atoms with van der Waals surface area (Å²) in [5.41, 5.74) is 1.41. The van der Waals surface area contributed by atoms with E-state index in [1.54, 1.807) is 19.2 Å². The molecule has 258 valence electrons. The highest BCUT2D eigenvalue weighted by Crippen LogP contribution is 2.08. The Bertz CT molecular complexity index is 1120. The van der Waals surface area contributed by atoms with Crippen molar-refractivity contribution in [2.24, 2.45) is 5.92 Å². The maximum atomic E-state index is 12.9. The Balaban J connectivity index is 2.47. The number of benzene rings is 1. The van der Waals surface area contributed by atoms with Gasteiger partial charge in [-0.25, -0.2) is 4.79 Å². The highest BCUT2D eigenvalue weighted by molar-refractivity contribution is 5.98. The molecule has 7 N–H and O–H groups in total. The average Bonchev–Trinajstić information content (AvgIpc) is 3.01. The predicted octanol–water partition coefficient (Wildman–Crippen LogP) is 1.65. The highest BCUT2D eigenvalue weighted by atomic mass is 16.4. The smallest absolute Gasteiger partial charge is 0.326 e. The second-order valence-electron chi connectivity index (χ2n) is 12.0. The fourth-order valence-corrected chi connectivity index (χ4v) is 4.35. The third-order valence-corrected chi connectivity index (χ3v) is 7.25. The van der Waals surface area contributed by atoms with Crippen molar-refractivity contribution >= 4 is 35.4 Å². The van der Waals surface area contributed by atoms with Gasteiger partial charge in [-0.3, -0.25) is 24.0 Å². The highest BCUT2D eigenvalue weighted by Gasteiger charge is 2.23. The SMILES string of the molecule is CNCCC(NC(=O)c1ccc(CNC(C)C)cc1)C(=O)NCC(=O)NC(CCCCNC(=O)CCCCC(=O)C(C)C)C(=O)O. The normalized spacial score (nSPS) is 12.3. The summed E-state index contributed by atoms with van der Waals surface area (Å²) in [4.78, 5) is 73.5. The number of hydrogen-bond acceptors (Lipinski definition) is 8.